The van der Waals surface area contributed by atoms with E-state index >= 15 is 0 Å². The predicted molar refractivity (Wildman–Crippen MR) is 80.5 cm³/mol. The van der Waals surface area contributed by atoms with Crippen molar-refractivity contribution in [1.29, 1.82) is 0 Å². The van der Waals surface area contributed by atoms with Crippen LogP contribution in [0.5, 0.6) is 5.75 Å². The van der Waals surface area contributed by atoms with E-state index in [1.165, 1.54) is 6.42 Å². The van der Waals surface area contributed by atoms with Gasteiger partial charge < -0.3 is 15.4 Å². The molecule has 5 heteroatoms. The van der Waals surface area contributed by atoms with E-state index in [1.54, 1.807) is 22.8 Å². The van der Waals surface area contributed by atoms with Crippen molar-refractivity contribution in [2.75, 3.05) is 0 Å². The topological polar surface area (TPSA) is 85.3 Å². The highest BCUT2D eigenvalue weighted by Gasteiger charge is 2.25. The predicted octanol–water partition coefficient (Wildman–Crippen LogP) is 2.31. The van der Waals surface area contributed by atoms with Crippen LogP contribution in [0.2, 0.25) is 0 Å². The molecule has 1 aromatic heterocycles. The van der Waals surface area contributed by atoms with Gasteiger partial charge in [-0.25, -0.2) is 0 Å². The molecule has 2 aromatic rings. The lowest BCUT2D eigenvalue weighted by atomic mass is 9.94. The maximum absolute atomic E-state index is 12.6. The fourth-order valence-electron chi connectivity index (χ4n) is 3.27. The van der Waals surface area contributed by atoms with Gasteiger partial charge in [0.25, 0.3) is 11.5 Å². The highest BCUT2D eigenvalue weighted by atomic mass is 16.3. The Balaban J connectivity index is 2.36. The largest absolute Gasteiger partial charge is 0.506 e. The van der Waals surface area contributed by atoms with Crippen LogP contribution in [0.1, 0.15) is 48.5 Å². The number of benzene rings is 1. The molecule has 0 spiro atoms. The zero-order chi connectivity index (χ0) is 15.0. The van der Waals surface area contributed by atoms with Gasteiger partial charge in [-0.3, -0.25) is 9.59 Å². The molecule has 0 atom stereocenters. The van der Waals surface area contributed by atoms with Gasteiger partial charge in [0.05, 0.1) is 5.52 Å². The third-order valence-corrected chi connectivity index (χ3v) is 4.27. The Bertz CT molecular complexity index is 758. The number of aromatic hydroxyl groups is 1. The lowest BCUT2D eigenvalue weighted by Gasteiger charge is -2.26. The number of amides is 1. The maximum Gasteiger partial charge on any atom is 0.267 e. The second kappa shape index (κ2) is 5.24. The van der Waals surface area contributed by atoms with Gasteiger partial charge in [-0.15, -0.1) is 0 Å². The molecule has 110 valence electrons. The van der Waals surface area contributed by atoms with Crippen molar-refractivity contribution < 1.29 is 9.90 Å². The van der Waals surface area contributed by atoms with Crippen molar-refractivity contribution >= 4 is 16.8 Å². The SMILES string of the molecule is NC(=O)c1c(O)c2ccccc2n(C2CCCCC2)c1=O. The van der Waals surface area contributed by atoms with Crippen LogP contribution in [-0.4, -0.2) is 15.6 Å². The molecule has 0 unspecified atom stereocenters. The Morgan fingerprint density at radius 2 is 1.86 bits per heavy atom. The Morgan fingerprint density at radius 3 is 2.52 bits per heavy atom. The third-order valence-electron chi connectivity index (χ3n) is 4.27. The van der Waals surface area contributed by atoms with Gasteiger partial charge in [-0.05, 0) is 25.0 Å². The number of nitrogens with zero attached hydrogens (tertiary/aromatic N) is 1. The van der Waals surface area contributed by atoms with E-state index in [-0.39, 0.29) is 17.4 Å². The van der Waals surface area contributed by atoms with Crippen LogP contribution in [0.15, 0.2) is 29.1 Å². The van der Waals surface area contributed by atoms with Gasteiger partial charge in [0.1, 0.15) is 11.3 Å². The van der Waals surface area contributed by atoms with Gasteiger partial charge in [0.2, 0.25) is 0 Å². The number of aromatic nitrogens is 1. The lowest BCUT2D eigenvalue weighted by Crippen LogP contribution is -2.33. The highest BCUT2D eigenvalue weighted by molar-refractivity contribution is 6.01. The van der Waals surface area contributed by atoms with E-state index < -0.39 is 11.5 Å². The van der Waals surface area contributed by atoms with Crippen molar-refractivity contribution in [3.63, 3.8) is 0 Å². The van der Waals surface area contributed by atoms with E-state index in [2.05, 4.69) is 0 Å². The molecule has 1 aromatic carbocycles. The van der Waals surface area contributed by atoms with Gasteiger partial charge in [0.15, 0.2) is 0 Å². The number of hydrogen-bond acceptors (Lipinski definition) is 3. The summed E-state index contributed by atoms with van der Waals surface area (Å²) in [5, 5.41) is 10.7. The first-order chi connectivity index (χ1) is 10.1. The summed E-state index contributed by atoms with van der Waals surface area (Å²) in [5.41, 5.74) is 5.17. The first-order valence-corrected chi connectivity index (χ1v) is 7.27. The van der Waals surface area contributed by atoms with E-state index in [0.717, 1.165) is 25.7 Å². The molecule has 0 aliphatic heterocycles. The molecule has 1 aliphatic carbocycles. The summed E-state index contributed by atoms with van der Waals surface area (Å²) < 4.78 is 1.65. The molecule has 0 bridgehead atoms. The lowest BCUT2D eigenvalue weighted by molar-refractivity contribution is 0.0995. The molecule has 1 heterocycles. The normalized spacial score (nSPS) is 16.2. The van der Waals surface area contributed by atoms with E-state index in [4.69, 9.17) is 5.73 Å². The summed E-state index contributed by atoms with van der Waals surface area (Å²) in [4.78, 5) is 24.2. The number of carbonyl (C=O) groups is 1. The fourth-order valence-corrected chi connectivity index (χ4v) is 3.27. The Hall–Kier alpha value is -2.30. The number of carbonyl (C=O) groups excluding carboxylic acids is 1. The monoisotopic (exact) mass is 286 g/mol. The highest BCUT2D eigenvalue weighted by Crippen LogP contribution is 2.33. The van der Waals surface area contributed by atoms with Crippen molar-refractivity contribution in [2.45, 2.75) is 38.1 Å². The summed E-state index contributed by atoms with van der Waals surface area (Å²) >= 11 is 0. The average Bonchev–Trinajstić information content (AvgIpc) is 2.48. The van der Waals surface area contributed by atoms with Crippen molar-refractivity contribution in [3.8, 4) is 5.75 Å². The van der Waals surface area contributed by atoms with Crippen LogP contribution in [0.3, 0.4) is 0 Å². The maximum atomic E-state index is 12.6. The zero-order valence-corrected chi connectivity index (χ0v) is 11.7. The number of para-hydroxylation sites is 1. The van der Waals surface area contributed by atoms with Crippen LogP contribution in [0, 0.1) is 0 Å². The zero-order valence-electron chi connectivity index (χ0n) is 11.7. The number of primary amides is 1. The van der Waals surface area contributed by atoms with E-state index in [0.29, 0.717) is 10.9 Å². The molecule has 0 radical (unpaired) electrons. The average molecular weight is 286 g/mol. The van der Waals surface area contributed by atoms with Gasteiger partial charge >= 0.3 is 0 Å². The minimum Gasteiger partial charge on any atom is -0.506 e. The first kappa shape index (κ1) is 13.7. The fraction of sp³-hybridized carbons (Fsp3) is 0.375. The van der Waals surface area contributed by atoms with Crippen LogP contribution in [0.4, 0.5) is 0 Å². The minimum absolute atomic E-state index is 0.0647. The molecule has 3 rings (SSSR count). The van der Waals surface area contributed by atoms with Crippen molar-refractivity contribution in [1.82, 2.24) is 4.57 Å². The van der Waals surface area contributed by atoms with E-state index in [9.17, 15) is 14.7 Å². The molecule has 0 saturated heterocycles. The molecule has 1 aliphatic rings. The minimum atomic E-state index is -0.882. The molecular weight excluding hydrogens is 268 g/mol. The summed E-state index contributed by atoms with van der Waals surface area (Å²) in [5.74, 6) is -1.19. The number of hydrogen-bond donors (Lipinski definition) is 2. The molecule has 1 amide bonds. The first-order valence-electron chi connectivity index (χ1n) is 7.27. The standard InChI is InChI=1S/C16H18N2O3/c17-15(20)13-14(19)11-8-4-5-9-12(11)18(16(13)21)10-6-2-1-3-7-10/h4-5,8-10,19H,1-3,6-7H2,(H2,17,20). The summed E-state index contributed by atoms with van der Waals surface area (Å²) in [6.07, 6.45) is 5.13. The molecule has 1 saturated carbocycles. The van der Waals surface area contributed by atoms with Gasteiger partial charge in [-0.2, -0.15) is 0 Å². The van der Waals surface area contributed by atoms with Crippen LogP contribution >= 0.6 is 0 Å². The van der Waals surface area contributed by atoms with Crippen LogP contribution in [-0.2, 0) is 0 Å². The summed E-state index contributed by atoms with van der Waals surface area (Å²) in [6.45, 7) is 0. The van der Waals surface area contributed by atoms with Crippen LogP contribution < -0.4 is 11.3 Å². The van der Waals surface area contributed by atoms with Crippen molar-refractivity contribution in [3.05, 3.63) is 40.2 Å². The quantitative estimate of drug-likeness (QED) is 0.888. The number of nitrogens with two attached hydrogens (primary N) is 1. The molecule has 3 N–H and O–H groups in total. The molecule has 1 fully saturated rings. The Labute approximate surface area is 122 Å². The molecule has 5 nitrogen and oxygen atoms in total. The second-order valence-electron chi connectivity index (χ2n) is 5.57. The third kappa shape index (κ3) is 2.18. The number of rotatable bonds is 2. The summed E-state index contributed by atoms with van der Waals surface area (Å²) in [7, 11) is 0. The van der Waals surface area contributed by atoms with Crippen LogP contribution in [0.25, 0.3) is 10.9 Å². The number of fused-ring (bicyclic) bond motifs is 1. The summed E-state index contributed by atoms with van der Waals surface area (Å²) in [6, 6.07) is 7.16. The molecule has 21 heavy (non-hydrogen) atoms. The Morgan fingerprint density at radius 1 is 1.19 bits per heavy atom. The smallest absolute Gasteiger partial charge is 0.267 e. The van der Waals surface area contributed by atoms with Gasteiger partial charge in [-0.1, -0.05) is 31.4 Å². The number of pyridine rings is 1. The van der Waals surface area contributed by atoms with Crippen molar-refractivity contribution in [2.24, 2.45) is 5.73 Å². The van der Waals surface area contributed by atoms with Gasteiger partial charge in [0, 0.05) is 11.4 Å². The van der Waals surface area contributed by atoms with E-state index in [1.807, 2.05) is 6.07 Å². The second-order valence-corrected chi connectivity index (χ2v) is 5.57. The molecular formula is C16H18N2O3. The Kier molecular flexibility index (Phi) is 3.41.